The number of nitrogens with zero attached hydrogens (tertiary/aromatic N) is 4. The molecule has 0 radical (unpaired) electrons. The molecule has 0 spiro atoms. The molecule has 124 valence electrons. The number of carbonyl (C=O) groups excluding carboxylic acids is 1. The number of nitrogens with one attached hydrogen (secondary N) is 1. The average Bonchev–Trinajstić information content (AvgIpc) is 2.82. The van der Waals surface area contributed by atoms with Crippen LogP contribution in [-0.2, 0) is 17.8 Å². The molecule has 0 saturated heterocycles. The highest BCUT2D eigenvalue weighted by Crippen LogP contribution is 2.26. The highest BCUT2D eigenvalue weighted by molar-refractivity contribution is 8.00. The lowest BCUT2D eigenvalue weighted by Crippen LogP contribution is -2.23. The first-order chi connectivity index (χ1) is 11.7. The lowest BCUT2D eigenvalue weighted by molar-refractivity contribution is -0.115. The Hall–Kier alpha value is -2.33. The van der Waals surface area contributed by atoms with Crippen LogP contribution in [0.15, 0.2) is 29.4 Å². The summed E-state index contributed by atoms with van der Waals surface area (Å²) in [6.45, 7) is 2.77. The fraction of sp³-hybridized carbons (Fsp3) is 0.412. The van der Waals surface area contributed by atoms with Gasteiger partial charge in [-0.25, -0.2) is 0 Å². The van der Waals surface area contributed by atoms with Crippen molar-refractivity contribution in [2.75, 3.05) is 5.32 Å². The summed E-state index contributed by atoms with van der Waals surface area (Å²) in [5.41, 5.74) is 1.16. The molecule has 1 N–H and O–H groups in total. The molecule has 1 unspecified atom stereocenters. The summed E-state index contributed by atoms with van der Waals surface area (Å²) in [6, 6.07) is 8.97. The molecule has 0 saturated carbocycles. The van der Waals surface area contributed by atoms with Gasteiger partial charge in [-0.05, 0) is 38.0 Å². The number of hydrogen-bond donors (Lipinski definition) is 1. The van der Waals surface area contributed by atoms with Crippen molar-refractivity contribution in [2.24, 2.45) is 0 Å². The number of nitriles is 1. The van der Waals surface area contributed by atoms with E-state index in [0.717, 1.165) is 36.8 Å². The third-order valence-corrected chi connectivity index (χ3v) is 5.07. The Morgan fingerprint density at radius 3 is 3.08 bits per heavy atom. The van der Waals surface area contributed by atoms with Crippen molar-refractivity contribution in [3.63, 3.8) is 0 Å². The average molecular weight is 341 g/mol. The minimum Gasteiger partial charge on any atom is -0.325 e. The molecule has 3 rings (SSSR count). The Balaban J connectivity index is 1.66. The fourth-order valence-corrected chi connectivity index (χ4v) is 3.56. The van der Waals surface area contributed by atoms with Crippen molar-refractivity contribution < 1.29 is 4.79 Å². The molecule has 1 atom stereocenters. The molecule has 1 amide bonds. The smallest absolute Gasteiger partial charge is 0.237 e. The van der Waals surface area contributed by atoms with Gasteiger partial charge in [-0.3, -0.25) is 4.79 Å². The van der Waals surface area contributed by atoms with Crippen LogP contribution in [0.25, 0.3) is 0 Å². The molecule has 1 aromatic heterocycles. The topological polar surface area (TPSA) is 83.6 Å². The number of anilines is 1. The number of aromatic nitrogens is 3. The van der Waals surface area contributed by atoms with Gasteiger partial charge in [0.1, 0.15) is 5.82 Å². The molecule has 0 aliphatic carbocycles. The van der Waals surface area contributed by atoms with Gasteiger partial charge in [0, 0.05) is 18.7 Å². The first-order valence-corrected chi connectivity index (χ1v) is 8.95. The summed E-state index contributed by atoms with van der Waals surface area (Å²) < 4.78 is 2.14. The van der Waals surface area contributed by atoms with Crippen LogP contribution in [0.4, 0.5) is 5.69 Å². The number of fused-ring (bicyclic) bond motifs is 1. The molecule has 2 aromatic rings. The lowest BCUT2D eigenvalue weighted by Gasteiger charge is -2.12. The van der Waals surface area contributed by atoms with Crippen LogP contribution in [-0.4, -0.2) is 25.9 Å². The maximum atomic E-state index is 12.4. The van der Waals surface area contributed by atoms with Gasteiger partial charge in [0.15, 0.2) is 5.16 Å². The maximum absolute atomic E-state index is 12.4. The molecular weight excluding hydrogens is 322 g/mol. The zero-order valence-electron chi connectivity index (χ0n) is 13.5. The van der Waals surface area contributed by atoms with E-state index in [1.807, 2.05) is 6.92 Å². The number of aryl methyl sites for hydroxylation is 1. The number of carbonyl (C=O) groups is 1. The number of rotatable bonds is 4. The minimum absolute atomic E-state index is 0.110. The highest BCUT2D eigenvalue weighted by Gasteiger charge is 2.21. The summed E-state index contributed by atoms with van der Waals surface area (Å²) in [6.07, 6.45) is 4.43. The third kappa shape index (κ3) is 3.77. The molecule has 1 aliphatic rings. The van der Waals surface area contributed by atoms with Crippen LogP contribution >= 0.6 is 11.8 Å². The summed E-state index contributed by atoms with van der Waals surface area (Å²) in [7, 11) is 0. The van der Waals surface area contributed by atoms with Gasteiger partial charge in [0.05, 0.1) is 16.9 Å². The Kier molecular flexibility index (Phi) is 5.16. The largest absolute Gasteiger partial charge is 0.325 e. The molecule has 0 fully saturated rings. The van der Waals surface area contributed by atoms with E-state index in [1.54, 1.807) is 24.3 Å². The molecule has 1 aromatic carbocycles. The van der Waals surface area contributed by atoms with Crippen molar-refractivity contribution in [2.45, 2.75) is 49.6 Å². The zero-order valence-corrected chi connectivity index (χ0v) is 14.3. The van der Waals surface area contributed by atoms with Crippen molar-refractivity contribution >= 4 is 23.4 Å². The van der Waals surface area contributed by atoms with Crippen molar-refractivity contribution in [1.29, 1.82) is 5.26 Å². The first kappa shape index (κ1) is 16.5. The van der Waals surface area contributed by atoms with Crippen molar-refractivity contribution in [3.8, 4) is 6.07 Å². The number of hydrogen-bond acceptors (Lipinski definition) is 5. The Labute approximate surface area is 145 Å². The quantitative estimate of drug-likeness (QED) is 0.864. The van der Waals surface area contributed by atoms with Crippen LogP contribution in [0, 0.1) is 11.3 Å². The SMILES string of the molecule is CC(Sc1nnc2n1CCCCC2)C(=O)Nc1cccc(C#N)c1. The van der Waals surface area contributed by atoms with Gasteiger partial charge >= 0.3 is 0 Å². The van der Waals surface area contributed by atoms with Gasteiger partial charge in [-0.15, -0.1) is 10.2 Å². The molecule has 1 aliphatic heterocycles. The molecular formula is C17H19N5OS. The van der Waals surface area contributed by atoms with Crippen LogP contribution in [0.1, 0.15) is 37.6 Å². The van der Waals surface area contributed by atoms with E-state index in [-0.39, 0.29) is 11.2 Å². The van der Waals surface area contributed by atoms with Gasteiger partial charge < -0.3 is 9.88 Å². The molecule has 7 heteroatoms. The Bertz CT molecular complexity index is 780. The zero-order chi connectivity index (χ0) is 16.9. The molecule has 0 bridgehead atoms. The summed E-state index contributed by atoms with van der Waals surface area (Å²) in [5, 5.41) is 20.8. The van der Waals surface area contributed by atoms with Gasteiger partial charge in [0.2, 0.25) is 5.91 Å². The second kappa shape index (κ2) is 7.49. The fourth-order valence-electron chi connectivity index (χ4n) is 2.67. The van der Waals surface area contributed by atoms with Gasteiger partial charge in [-0.1, -0.05) is 24.2 Å². The second-order valence-electron chi connectivity index (χ2n) is 5.80. The predicted molar refractivity (Wildman–Crippen MR) is 92.7 cm³/mol. The van der Waals surface area contributed by atoms with Crippen LogP contribution in [0.3, 0.4) is 0 Å². The summed E-state index contributed by atoms with van der Waals surface area (Å²) in [5.74, 6) is 0.908. The Morgan fingerprint density at radius 1 is 1.38 bits per heavy atom. The van der Waals surface area contributed by atoms with E-state index in [2.05, 4.69) is 26.2 Å². The van der Waals surface area contributed by atoms with Crippen LogP contribution in [0.5, 0.6) is 0 Å². The normalized spacial score (nSPS) is 15.0. The third-order valence-electron chi connectivity index (χ3n) is 3.99. The Morgan fingerprint density at radius 2 is 2.25 bits per heavy atom. The summed E-state index contributed by atoms with van der Waals surface area (Å²) in [4.78, 5) is 12.4. The van der Waals surface area contributed by atoms with Crippen molar-refractivity contribution in [3.05, 3.63) is 35.7 Å². The number of benzene rings is 1. The van der Waals surface area contributed by atoms with E-state index >= 15 is 0 Å². The van der Waals surface area contributed by atoms with Gasteiger partial charge in [-0.2, -0.15) is 5.26 Å². The molecule has 6 nitrogen and oxygen atoms in total. The molecule has 2 heterocycles. The summed E-state index contributed by atoms with van der Waals surface area (Å²) >= 11 is 1.42. The lowest BCUT2D eigenvalue weighted by atomic mass is 10.2. The van der Waals surface area contributed by atoms with E-state index < -0.39 is 0 Å². The molecule has 24 heavy (non-hydrogen) atoms. The van der Waals surface area contributed by atoms with Crippen molar-refractivity contribution in [1.82, 2.24) is 14.8 Å². The van der Waals surface area contributed by atoms with Gasteiger partial charge in [0.25, 0.3) is 0 Å². The van der Waals surface area contributed by atoms with E-state index in [0.29, 0.717) is 11.3 Å². The van der Waals surface area contributed by atoms with E-state index in [4.69, 9.17) is 5.26 Å². The second-order valence-corrected chi connectivity index (χ2v) is 7.11. The monoisotopic (exact) mass is 341 g/mol. The standard InChI is InChI=1S/C17H19N5OS/c1-12(16(23)19-14-7-5-6-13(10-14)11-18)24-17-21-20-15-8-3-2-4-9-22(15)17/h5-7,10,12H,2-4,8-9H2,1H3,(H,19,23). The highest BCUT2D eigenvalue weighted by atomic mass is 32.2. The maximum Gasteiger partial charge on any atom is 0.237 e. The van der Waals surface area contributed by atoms with E-state index in [1.165, 1.54) is 18.2 Å². The first-order valence-electron chi connectivity index (χ1n) is 8.07. The van der Waals surface area contributed by atoms with Crippen LogP contribution < -0.4 is 5.32 Å². The minimum atomic E-state index is -0.299. The van der Waals surface area contributed by atoms with E-state index in [9.17, 15) is 4.79 Å². The number of thioether (sulfide) groups is 1. The van der Waals surface area contributed by atoms with Crippen LogP contribution in [0.2, 0.25) is 0 Å². The number of amides is 1. The predicted octanol–water partition coefficient (Wildman–Crippen LogP) is 3.00.